The summed E-state index contributed by atoms with van der Waals surface area (Å²) in [6.07, 6.45) is 0. The third-order valence-corrected chi connectivity index (χ3v) is 4.52. The molecule has 0 spiro atoms. The van der Waals surface area contributed by atoms with Crippen molar-refractivity contribution in [1.29, 1.82) is 0 Å². The Morgan fingerprint density at radius 2 is 1.93 bits per heavy atom. The number of benzene rings is 2. The molecule has 0 saturated heterocycles. The van der Waals surface area contributed by atoms with Crippen LogP contribution in [0.25, 0.3) is 22.4 Å². The molecule has 146 valence electrons. The molecule has 9 nitrogen and oxygen atoms in total. The first kappa shape index (κ1) is 18.6. The normalized spacial score (nSPS) is 11.0. The van der Waals surface area contributed by atoms with Gasteiger partial charge in [-0.05, 0) is 25.1 Å². The van der Waals surface area contributed by atoms with E-state index in [1.807, 2.05) is 0 Å². The Kier molecular flexibility index (Phi) is 4.73. The predicted molar refractivity (Wildman–Crippen MR) is 101 cm³/mol. The van der Waals surface area contributed by atoms with Crippen LogP contribution in [0.4, 0.5) is 5.69 Å². The largest absolute Gasteiger partial charge is 0.450 e. The summed E-state index contributed by atoms with van der Waals surface area (Å²) in [5.74, 6) is -0.427. The van der Waals surface area contributed by atoms with E-state index in [4.69, 9.17) is 25.2 Å². The maximum Gasteiger partial charge on any atom is 0.375 e. The summed E-state index contributed by atoms with van der Waals surface area (Å²) < 4.78 is 16.2. The van der Waals surface area contributed by atoms with E-state index in [-0.39, 0.29) is 29.8 Å². The van der Waals surface area contributed by atoms with Crippen molar-refractivity contribution in [2.24, 2.45) is 0 Å². The van der Waals surface area contributed by atoms with Crippen LogP contribution in [-0.4, -0.2) is 21.1 Å². The van der Waals surface area contributed by atoms with Gasteiger partial charge in [-0.2, -0.15) is 0 Å². The summed E-state index contributed by atoms with van der Waals surface area (Å²) >= 11 is 6.09. The molecule has 2 aromatic carbocycles. The van der Waals surface area contributed by atoms with Gasteiger partial charge in [-0.3, -0.25) is 10.1 Å². The van der Waals surface area contributed by atoms with Gasteiger partial charge in [-0.25, -0.2) is 4.79 Å². The lowest BCUT2D eigenvalue weighted by Gasteiger charge is -2.00. The van der Waals surface area contributed by atoms with Crippen LogP contribution in [-0.2, 0) is 11.3 Å². The molecule has 0 N–H and O–H groups in total. The van der Waals surface area contributed by atoms with E-state index in [0.29, 0.717) is 21.7 Å². The van der Waals surface area contributed by atoms with Crippen molar-refractivity contribution in [3.05, 3.63) is 74.8 Å². The monoisotopic (exact) mass is 413 g/mol. The van der Waals surface area contributed by atoms with Crippen molar-refractivity contribution >= 4 is 34.2 Å². The Hall–Kier alpha value is -3.72. The summed E-state index contributed by atoms with van der Waals surface area (Å²) in [6.45, 7) is 1.47. The number of fused-ring (bicyclic) bond motifs is 1. The van der Waals surface area contributed by atoms with Gasteiger partial charge < -0.3 is 13.6 Å². The van der Waals surface area contributed by atoms with E-state index >= 15 is 0 Å². The maximum atomic E-state index is 12.4. The first-order valence-corrected chi connectivity index (χ1v) is 8.74. The molecule has 0 aliphatic carbocycles. The number of rotatable bonds is 5. The number of aryl methyl sites for hydroxylation is 1. The lowest BCUT2D eigenvalue weighted by molar-refractivity contribution is -0.384. The summed E-state index contributed by atoms with van der Waals surface area (Å²) in [7, 11) is 0. The number of carbonyl (C=O) groups excluding carboxylic acids is 1. The number of aromatic nitrogens is 2. The minimum atomic E-state index is -0.690. The molecular weight excluding hydrogens is 402 g/mol. The maximum absolute atomic E-state index is 12.4. The zero-order valence-corrected chi connectivity index (χ0v) is 15.7. The van der Waals surface area contributed by atoms with E-state index in [9.17, 15) is 14.9 Å². The Morgan fingerprint density at radius 1 is 1.17 bits per heavy atom. The minimum absolute atomic E-state index is 0.0446. The number of non-ortho nitro benzene ring substituents is 1. The summed E-state index contributed by atoms with van der Waals surface area (Å²) in [5.41, 5.74) is 1.48. The number of hydrogen-bond acceptors (Lipinski definition) is 8. The van der Waals surface area contributed by atoms with Crippen molar-refractivity contribution < 1.29 is 23.3 Å². The van der Waals surface area contributed by atoms with Gasteiger partial charge in [0.25, 0.3) is 11.6 Å². The lowest BCUT2D eigenvalue weighted by atomic mass is 10.1. The van der Waals surface area contributed by atoms with Gasteiger partial charge in [-0.15, -0.1) is 10.2 Å². The Balaban J connectivity index is 1.47. The van der Waals surface area contributed by atoms with Crippen LogP contribution >= 0.6 is 11.6 Å². The third-order valence-electron chi connectivity index (χ3n) is 4.22. The first-order chi connectivity index (χ1) is 13.9. The molecule has 0 fully saturated rings. The fourth-order valence-corrected chi connectivity index (χ4v) is 2.96. The second-order valence-corrected chi connectivity index (χ2v) is 6.46. The number of esters is 1. The highest BCUT2D eigenvalue weighted by atomic mass is 35.5. The molecule has 4 rings (SSSR count). The third kappa shape index (κ3) is 3.55. The molecule has 29 heavy (non-hydrogen) atoms. The molecule has 0 amide bonds. The molecule has 0 atom stereocenters. The molecule has 10 heteroatoms. The topological polar surface area (TPSA) is 122 Å². The second-order valence-electron chi connectivity index (χ2n) is 6.05. The van der Waals surface area contributed by atoms with Gasteiger partial charge in [0.15, 0.2) is 12.2 Å². The van der Waals surface area contributed by atoms with E-state index in [1.54, 1.807) is 25.1 Å². The summed E-state index contributed by atoms with van der Waals surface area (Å²) in [6, 6.07) is 10.9. The number of para-hydroxylation sites is 1. The molecule has 2 heterocycles. The summed E-state index contributed by atoms with van der Waals surface area (Å²) in [5, 5.41) is 19.5. The molecule has 4 aromatic rings. The molecule has 0 saturated carbocycles. The molecular formula is C19H12ClN3O6. The van der Waals surface area contributed by atoms with Crippen LogP contribution in [0, 0.1) is 17.0 Å². The number of furan rings is 1. The first-order valence-electron chi connectivity index (χ1n) is 8.36. The Labute approximate surface area is 168 Å². The molecule has 0 radical (unpaired) electrons. The van der Waals surface area contributed by atoms with Crippen LogP contribution < -0.4 is 0 Å². The number of halogens is 1. The van der Waals surface area contributed by atoms with Crippen LogP contribution in [0.3, 0.4) is 0 Å². The zero-order valence-electron chi connectivity index (χ0n) is 14.9. The smallest absolute Gasteiger partial charge is 0.375 e. The van der Waals surface area contributed by atoms with Gasteiger partial charge in [0, 0.05) is 28.6 Å². The van der Waals surface area contributed by atoms with E-state index in [2.05, 4.69) is 10.2 Å². The Bertz CT molecular complexity index is 1230. The van der Waals surface area contributed by atoms with Crippen molar-refractivity contribution in [1.82, 2.24) is 10.2 Å². The summed E-state index contributed by atoms with van der Waals surface area (Å²) in [4.78, 5) is 22.6. The van der Waals surface area contributed by atoms with Crippen molar-refractivity contribution in [3.8, 4) is 11.5 Å². The average molecular weight is 414 g/mol. The SMILES string of the molecule is Cc1c(C(=O)OCc2nnc(-c3ccc([N+](=O)[O-])cc3)o2)oc2c(Cl)cccc12. The molecule has 0 aliphatic rings. The number of nitrogens with zero attached hydrogens (tertiary/aromatic N) is 3. The van der Waals surface area contributed by atoms with Crippen LogP contribution in [0.15, 0.2) is 51.3 Å². The number of ether oxygens (including phenoxy) is 1. The standard InChI is InChI=1S/C19H12ClN3O6/c1-10-13-3-2-4-14(20)17(13)29-16(10)19(24)27-9-15-21-22-18(28-15)11-5-7-12(8-6-11)23(25)26/h2-8H,9H2,1H3. The molecule has 0 aliphatic heterocycles. The predicted octanol–water partition coefficient (Wildman–Crippen LogP) is 4.71. The van der Waals surface area contributed by atoms with E-state index in [1.165, 1.54) is 24.3 Å². The zero-order chi connectivity index (χ0) is 20.5. The number of nitro groups is 1. The molecule has 0 unspecified atom stereocenters. The molecule has 0 bridgehead atoms. The van der Waals surface area contributed by atoms with Gasteiger partial charge in [-0.1, -0.05) is 23.7 Å². The van der Waals surface area contributed by atoms with Gasteiger partial charge in [0.1, 0.15) is 0 Å². The van der Waals surface area contributed by atoms with Gasteiger partial charge in [0.2, 0.25) is 11.7 Å². The second kappa shape index (κ2) is 7.36. The highest BCUT2D eigenvalue weighted by molar-refractivity contribution is 6.35. The van der Waals surface area contributed by atoms with Crippen LogP contribution in [0.5, 0.6) is 0 Å². The van der Waals surface area contributed by atoms with Gasteiger partial charge >= 0.3 is 5.97 Å². The highest BCUT2D eigenvalue weighted by Crippen LogP contribution is 2.31. The number of nitro benzene ring substituents is 1. The fraction of sp³-hybridized carbons (Fsp3) is 0.105. The number of hydrogen-bond donors (Lipinski definition) is 0. The quantitative estimate of drug-likeness (QED) is 0.262. The number of carbonyl (C=O) groups is 1. The minimum Gasteiger partial charge on any atom is -0.450 e. The van der Waals surface area contributed by atoms with E-state index < -0.39 is 10.9 Å². The Morgan fingerprint density at radius 3 is 2.62 bits per heavy atom. The van der Waals surface area contributed by atoms with Crippen molar-refractivity contribution in [2.75, 3.05) is 0 Å². The van der Waals surface area contributed by atoms with E-state index in [0.717, 1.165) is 5.39 Å². The molecule has 2 aromatic heterocycles. The van der Waals surface area contributed by atoms with Crippen LogP contribution in [0.2, 0.25) is 5.02 Å². The average Bonchev–Trinajstić information content (AvgIpc) is 3.32. The fourth-order valence-electron chi connectivity index (χ4n) is 2.75. The lowest BCUT2D eigenvalue weighted by Crippen LogP contribution is -2.05. The van der Waals surface area contributed by atoms with Crippen LogP contribution in [0.1, 0.15) is 22.0 Å². The van der Waals surface area contributed by atoms with Gasteiger partial charge in [0.05, 0.1) is 9.95 Å². The van der Waals surface area contributed by atoms with Crippen molar-refractivity contribution in [2.45, 2.75) is 13.5 Å². The highest BCUT2D eigenvalue weighted by Gasteiger charge is 2.21. The van der Waals surface area contributed by atoms with Crippen molar-refractivity contribution in [3.63, 3.8) is 0 Å².